The summed E-state index contributed by atoms with van der Waals surface area (Å²) in [6, 6.07) is 3.66. The normalized spacial score (nSPS) is 10.9. The van der Waals surface area contributed by atoms with Gasteiger partial charge >= 0.3 is 5.76 Å². The van der Waals surface area contributed by atoms with Crippen LogP contribution in [-0.4, -0.2) is 9.97 Å². The molecule has 0 atom stereocenters. The number of pyridine rings is 1. The second kappa shape index (κ2) is 5.08. The Balaban J connectivity index is 0.000000686. The highest BCUT2D eigenvalue weighted by molar-refractivity contribution is 5.75. The quantitative estimate of drug-likeness (QED) is 0.703. The molecule has 2 heterocycles. The van der Waals surface area contributed by atoms with Crippen LogP contribution in [-0.2, 0) is 5.41 Å². The summed E-state index contributed by atoms with van der Waals surface area (Å²) >= 11 is 0. The van der Waals surface area contributed by atoms with Crippen LogP contribution in [0.3, 0.4) is 0 Å². The average molecular weight is 234 g/mol. The van der Waals surface area contributed by atoms with Crippen molar-refractivity contribution in [3.05, 3.63) is 34.6 Å². The second-order valence-corrected chi connectivity index (χ2v) is 4.43. The Morgan fingerprint density at radius 1 is 1.24 bits per heavy atom. The molecule has 4 nitrogen and oxygen atoms in total. The topological polar surface area (TPSA) is 56.0 Å². The fraction of sp³-hybridized carbons (Fsp3) is 0.462. The minimum atomic E-state index is -0.592. The van der Waals surface area contributed by atoms with E-state index in [1.165, 1.54) is 0 Å². The number of aromatic nitrogens is 2. The molecule has 0 unspecified atom stereocenters. The van der Waals surface area contributed by atoms with E-state index in [1.807, 2.05) is 40.7 Å². The summed E-state index contributed by atoms with van der Waals surface area (Å²) in [5.41, 5.74) is 0.876. The molecule has 0 radical (unpaired) electrons. The van der Waals surface area contributed by atoms with Gasteiger partial charge in [0, 0.05) is 11.6 Å². The third-order valence-corrected chi connectivity index (χ3v) is 2.12. The van der Waals surface area contributed by atoms with Crippen molar-refractivity contribution in [3.8, 4) is 0 Å². The van der Waals surface area contributed by atoms with Crippen LogP contribution in [0.15, 0.2) is 27.5 Å². The maximum absolute atomic E-state index is 11.2. The minimum Gasteiger partial charge on any atom is -0.389 e. The average Bonchev–Trinajstić information content (AvgIpc) is 2.29. The number of fused-ring (bicyclic) bond motifs is 1. The van der Waals surface area contributed by atoms with Crippen LogP contribution in [0.25, 0.3) is 11.1 Å². The van der Waals surface area contributed by atoms with Gasteiger partial charge in [0.15, 0.2) is 0 Å². The lowest BCUT2D eigenvalue weighted by Crippen LogP contribution is -2.19. The summed E-state index contributed by atoms with van der Waals surface area (Å²) in [5.74, 6) is -0.592. The number of rotatable bonds is 0. The third-order valence-electron chi connectivity index (χ3n) is 2.12. The van der Waals surface area contributed by atoms with Crippen LogP contribution in [0.5, 0.6) is 0 Å². The molecule has 0 amide bonds. The van der Waals surface area contributed by atoms with Crippen molar-refractivity contribution < 1.29 is 4.42 Å². The first-order valence-electron chi connectivity index (χ1n) is 5.75. The zero-order valence-corrected chi connectivity index (χ0v) is 10.9. The molecule has 4 heteroatoms. The molecule has 0 aromatic carbocycles. The zero-order chi connectivity index (χ0) is 13.1. The Hall–Kier alpha value is -1.71. The zero-order valence-electron chi connectivity index (χ0n) is 10.9. The van der Waals surface area contributed by atoms with Gasteiger partial charge in [-0.05, 0) is 12.1 Å². The van der Waals surface area contributed by atoms with Crippen molar-refractivity contribution in [1.82, 2.24) is 9.97 Å². The Morgan fingerprint density at radius 3 is 2.47 bits per heavy atom. The van der Waals surface area contributed by atoms with E-state index in [2.05, 4.69) is 9.97 Å². The Bertz CT molecular complexity index is 553. The first kappa shape index (κ1) is 13.4. The van der Waals surface area contributed by atoms with Gasteiger partial charge in [-0.15, -0.1) is 0 Å². The van der Waals surface area contributed by atoms with Crippen LogP contribution >= 0.6 is 0 Å². The summed E-state index contributed by atoms with van der Waals surface area (Å²) in [7, 11) is 0. The lowest BCUT2D eigenvalue weighted by atomic mass is 9.90. The summed E-state index contributed by atoms with van der Waals surface area (Å²) in [4.78, 5) is 19.2. The molecule has 2 aromatic heterocycles. The van der Waals surface area contributed by atoms with Gasteiger partial charge in [-0.3, -0.25) is 0 Å². The van der Waals surface area contributed by atoms with Crippen molar-refractivity contribution in [2.24, 2.45) is 0 Å². The van der Waals surface area contributed by atoms with Crippen molar-refractivity contribution in [1.29, 1.82) is 0 Å². The predicted molar refractivity (Wildman–Crippen MR) is 68.1 cm³/mol. The Labute approximate surface area is 101 Å². The first-order valence-corrected chi connectivity index (χ1v) is 5.75. The van der Waals surface area contributed by atoms with Gasteiger partial charge in [-0.2, -0.15) is 4.98 Å². The molecule has 0 saturated heterocycles. The summed E-state index contributed by atoms with van der Waals surface area (Å²) < 4.78 is 4.92. The molecule has 0 spiro atoms. The molecule has 0 aliphatic carbocycles. The molecule has 17 heavy (non-hydrogen) atoms. The highest BCUT2D eigenvalue weighted by Gasteiger charge is 2.20. The van der Waals surface area contributed by atoms with Crippen molar-refractivity contribution in [3.63, 3.8) is 0 Å². The van der Waals surface area contributed by atoms with Gasteiger partial charge in [0.2, 0.25) is 5.71 Å². The van der Waals surface area contributed by atoms with Crippen LogP contribution in [0.1, 0.15) is 40.3 Å². The molecule has 0 aliphatic rings. The van der Waals surface area contributed by atoms with E-state index in [4.69, 9.17) is 4.42 Å². The minimum absolute atomic E-state index is 0.197. The fourth-order valence-corrected chi connectivity index (χ4v) is 1.48. The van der Waals surface area contributed by atoms with Crippen LogP contribution < -0.4 is 5.76 Å². The predicted octanol–water partition coefficient (Wildman–Crippen LogP) is 2.91. The maximum Gasteiger partial charge on any atom is 0.440 e. The van der Waals surface area contributed by atoms with Crippen LogP contribution in [0.2, 0.25) is 0 Å². The van der Waals surface area contributed by atoms with E-state index in [0.29, 0.717) is 5.71 Å². The van der Waals surface area contributed by atoms with E-state index < -0.39 is 5.76 Å². The van der Waals surface area contributed by atoms with Crippen LogP contribution in [0.4, 0.5) is 0 Å². The highest BCUT2D eigenvalue weighted by Crippen LogP contribution is 2.25. The van der Waals surface area contributed by atoms with Crippen molar-refractivity contribution in [2.75, 3.05) is 0 Å². The molecule has 0 fully saturated rings. The van der Waals surface area contributed by atoms with Crippen molar-refractivity contribution in [2.45, 2.75) is 40.0 Å². The largest absolute Gasteiger partial charge is 0.440 e. The van der Waals surface area contributed by atoms with Crippen LogP contribution in [0, 0.1) is 0 Å². The molecular formula is C13H18N2O2. The molecule has 0 bridgehead atoms. The van der Waals surface area contributed by atoms with E-state index in [-0.39, 0.29) is 5.41 Å². The van der Waals surface area contributed by atoms with E-state index in [9.17, 15) is 4.79 Å². The lowest BCUT2D eigenvalue weighted by Gasteiger charge is -2.17. The first-order chi connectivity index (χ1) is 7.98. The van der Waals surface area contributed by atoms with Gasteiger partial charge in [0.25, 0.3) is 0 Å². The standard InChI is InChI=1S/C11H12N2O2.C2H6/c1-11(2,3)8-7-5-4-6-12-9(7)15-10(14)13-8;1-2/h4-6H,1-3H3;1-2H3. The monoisotopic (exact) mass is 234 g/mol. The fourth-order valence-electron chi connectivity index (χ4n) is 1.48. The molecule has 0 N–H and O–H groups in total. The van der Waals surface area contributed by atoms with E-state index in [1.54, 1.807) is 12.3 Å². The van der Waals surface area contributed by atoms with Crippen molar-refractivity contribution >= 4 is 11.1 Å². The molecule has 0 saturated carbocycles. The van der Waals surface area contributed by atoms with Gasteiger partial charge in [-0.25, -0.2) is 9.78 Å². The Morgan fingerprint density at radius 2 is 1.88 bits per heavy atom. The van der Waals surface area contributed by atoms with E-state index >= 15 is 0 Å². The molecular weight excluding hydrogens is 216 g/mol. The molecule has 2 aromatic rings. The summed E-state index contributed by atoms with van der Waals surface area (Å²) in [6.07, 6.45) is 1.59. The van der Waals surface area contributed by atoms with Gasteiger partial charge in [0.05, 0.1) is 11.1 Å². The van der Waals surface area contributed by atoms with Gasteiger partial charge in [0.1, 0.15) is 0 Å². The highest BCUT2D eigenvalue weighted by atomic mass is 16.4. The smallest absolute Gasteiger partial charge is 0.389 e. The van der Waals surface area contributed by atoms with Gasteiger partial charge < -0.3 is 4.42 Å². The third kappa shape index (κ3) is 2.90. The molecule has 2 rings (SSSR count). The van der Waals surface area contributed by atoms with Gasteiger partial charge in [-0.1, -0.05) is 34.6 Å². The second-order valence-electron chi connectivity index (χ2n) is 4.43. The summed E-state index contributed by atoms with van der Waals surface area (Å²) in [5, 5.41) is 0.796. The number of nitrogens with zero attached hydrogens (tertiary/aromatic N) is 2. The lowest BCUT2D eigenvalue weighted by molar-refractivity contribution is 0.491. The molecule has 92 valence electrons. The number of hydrogen-bond acceptors (Lipinski definition) is 4. The Kier molecular flexibility index (Phi) is 3.99. The maximum atomic E-state index is 11.2. The molecule has 0 aliphatic heterocycles. The number of hydrogen-bond donors (Lipinski definition) is 0. The summed E-state index contributed by atoms with van der Waals surface area (Å²) in [6.45, 7) is 10.0. The SMILES string of the molecule is CC.CC(C)(C)c1nc(=O)oc2ncccc12. The van der Waals surface area contributed by atoms with E-state index in [0.717, 1.165) is 11.1 Å².